The maximum atomic E-state index is 14.3. The number of carbonyl (C=O) groups excluding carboxylic acids is 1. The van der Waals surface area contributed by atoms with Gasteiger partial charge in [0.1, 0.15) is 11.8 Å². The van der Waals surface area contributed by atoms with Crippen LogP contribution in [0.3, 0.4) is 0 Å². The molecule has 12 heteroatoms. The highest BCUT2D eigenvalue weighted by molar-refractivity contribution is 7.52. The molecule has 0 aromatic heterocycles. The van der Waals surface area contributed by atoms with E-state index in [4.69, 9.17) is 13.8 Å². The van der Waals surface area contributed by atoms with Crippen molar-refractivity contribution in [2.45, 2.75) is 33.7 Å². The van der Waals surface area contributed by atoms with E-state index in [2.05, 4.69) is 5.09 Å². The Labute approximate surface area is 203 Å². The van der Waals surface area contributed by atoms with Crippen molar-refractivity contribution in [1.29, 1.82) is 0 Å². The molecule has 0 heterocycles. The molecule has 0 aliphatic carbocycles. The van der Waals surface area contributed by atoms with Crippen LogP contribution in [0.5, 0.6) is 11.5 Å². The quantitative estimate of drug-likeness (QED) is 0.115. The molecule has 3 aromatic carbocycles. The van der Waals surface area contributed by atoms with Gasteiger partial charge in [0.05, 0.1) is 6.61 Å². The van der Waals surface area contributed by atoms with Crippen molar-refractivity contribution in [3.8, 4) is 11.5 Å². The van der Waals surface area contributed by atoms with E-state index >= 15 is 0 Å². The topological polar surface area (TPSA) is 73.9 Å². The second-order valence-corrected chi connectivity index (χ2v) is 10.7. The first-order valence-corrected chi connectivity index (χ1v) is 12.2. The Balaban J connectivity index is 2.03. The highest BCUT2D eigenvalue weighted by Crippen LogP contribution is 2.49. The average Bonchev–Trinajstić information content (AvgIpc) is 2.82. The van der Waals surface area contributed by atoms with Gasteiger partial charge < -0.3 is 13.8 Å². The maximum absolute atomic E-state index is 14.3. The summed E-state index contributed by atoms with van der Waals surface area (Å²) in [5, 5.41) is 3.18. The molecule has 3 aromatic rings. The van der Waals surface area contributed by atoms with Crippen molar-refractivity contribution in [3.63, 3.8) is 0 Å². The Morgan fingerprint density at radius 1 is 0.889 bits per heavy atom. The highest BCUT2D eigenvalue weighted by Gasteiger charge is 2.38. The van der Waals surface area contributed by atoms with Crippen LogP contribution in [-0.2, 0) is 14.1 Å². The minimum absolute atomic E-state index is 0.0230. The fourth-order valence-electron chi connectivity index (χ4n) is 2.96. The standard InChI is InChI=1S/C24H23F5NO5P/c1-13(23(31)33-12-24(2,3)4)30-36(32,34-16-11-7-9-14-8-5-6-10-15(14)16)35-22-20(28)18(26)17(25)19(27)21(22)29/h5-11,13H,12H2,1-4H3,(H,30,32)/t13-,36?/m0/s1. The van der Waals surface area contributed by atoms with E-state index in [-0.39, 0.29) is 12.4 Å². The summed E-state index contributed by atoms with van der Waals surface area (Å²) in [5.74, 6) is -14.6. The number of fused-ring (bicyclic) bond motifs is 1. The van der Waals surface area contributed by atoms with Gasteiger partial charge >= 0.3 is 13.7 Å². The van der Waals surface area contributed by atoms with Gasteiger partial charge in [0.2, 0.25) is 34.8 Å². The van der Waals surface area contributed by atoms with Crippen LogP contribution >= 0.6 is 7.75 Å². The minimum Gasteiger partial charge on any atom is -0.464 e. The zero-order valence-electron chi connectivity index (χ0n) is 19.7. The molecule has 1 unspecified atom stereocenters. The molecule has 2 atom stereocenters. The molecular formula is C24H23F5NO5P. The molecule has 36 heavy (non-hydrogen) atoms. The zero-order valence-corrected chi connectivity index (χ0v) is 20.6. The lowest BCUT2D eigenvalue weighted by Crippen LogP contribution is -2.37. The van der Waals surface area contributed by atoms with Gasteiger partial charge in [-0.05, 0) is 23.8 Å². The zero-order chi connectivity index (χ0) is 26.8. The fourth-order valence-corrected chi connectivity index (χ4v) is 4.50. The Hall–Kier alpha value is -3.17. The summed E-state index contributed by atoms with van der Waals surface area (Å²) in [7, 11) is -5.04. The van der Waals surface area contributed by atoms with Gasteiger partial charge in [-0.1, -0.05) is 57.2 Å². The Morgan fingerprint density at radius 3 is 2.06 bits per heavy atom. The van der Waals surface area contributed by atoms with Crippen molar-refractivity contribution < 1.29 is 45.1 Å². The number of esters is 1. The Morgan fingerprint density at radius 2 is 1.44 bits per heavy atom. The van der Waals surface area contributed by atoms with Gasteiger partial charge in [-0.2, -0.15) is 13.9 Å². The number of hydrogen-bond acceptors (Lipinski definition) is 5. The van der Waals surface area contributed by atoms with Gasteiger partial charge in [-0.25, -0.2) is 17.7 Å². The van der Waals surface area contributed by atoms with Gasteiger partial charge in [0.25, 0.3) is 0 Å². The third-order valence-electron chi connectivity index (χ3n) is 4.70. The predicted molar refractivity (Wildman–Crippen MR) is 122 cm³/mol. The maximum Gasteiger partial charge on any atom is 0.513 e. The molecule has 3 rings (SSSR count). The number of ether oxygens (including phenoxy) is 1. The summed E-state index contributed by atoms with van der Waals surface area (Å²) in [6.45, 7) is 6.55. The number of benzene rings is 3. The summed E-state index contributed by atoms with van der Waals surface area (Å²) < 4.78 is 98.7. The summed E-state index contributed by atoms with van der Waals surface area (Å²) >= 11 is 0. The van der Waals surface area contributed by atoms with Crippen LogP contribution < -0.4 is 14.1 Å². The van der Waals surface area contributed by atoms with E-state index in [0.717, 1.165) is 0 Å². The molecular weight excluding hydrogens is 508 g/mol. The second-order valence-electron chi connectivity index (χ2n) is 9.08. The second kappa shape index (κ2) is 10.4. The molecule has 0 radical (unpaired) electrons. The average molecular weight is 531 g/mol. The molecule has 0 aliphatic rings. The van der Waals surface area contributed by atoms with Crippen LogP contribution in [0.25, 0.3) is 10.8 Å². The molecule has 0 fully saturated rings. The Kier molecular flexibility index (Phi) is 7.95. The molecule has 0 bridgehead atoms. The number of rotatable bonds is 8. The van der Waals surface area contributed by atoms with Crippen LogP contribution in [-0.4, -0.2) is 18.6 Å². The summed E-state index contributed by atoms with van der Waals surface area (Å²) in [5.41, 5.74) is -0.412. The molecule has 0 saturated carbocycles. The van der Waals surface area contributed by atoms with Crippen LogP contribution in [0.1, 0.15) is 27.7 Å². The first-order chi connectivity index (χ1) is 16.7. The summed E-state index contributed by atoms with van der Waals surface area (Å²) in [6.07, 6.45) is 0. The van der Waals surface area contributed by atoms with Crippen molar-refractivity contribution in [1.82, 2.24) is 5.09 Å². The third-order valence-corrected chi connectivity index (χ3v) is 6.27. The largest absolute Gasteiger partial charge is 0.513 e. The smallest absolute Gasteiger partial charge is 0.464 e. The van der Waals surface area contributed by atoms with Crippen molar-refractivity contribution >= 4 is 24.5 Å². The van der Waals surface area contributed by atoms with Crippen LogP contribution in [0.15, 0.2) is 42.5 Å². The van der Waals surface area contributed by atoms with Gasteiger partial charge in [0, 0.05) is 5.39 Å². The monoisotopic (exact) mass is 531 g/mol. The van der Waals surface area contributed by atoms with Gasteiger partial charge in [-0.3, -0.25) is 4.79 Å². The third kappa shape index (κ3) is 6.14. The van der Waals surface area contributed by atoms with Crippen LogP contribution in [0.2, 0.25) is 0 Å². The van der Waals surface area contributed by atoms with Crippen molar-refractivity contribution in [2.24, 2.45) is 5.41 Å². The molecule has 0 spiro atoms. The van der Waals surface area contributed by atoms with Crippen LogP contribution in [0, 0.1) is 34.5 Å². The van der Waals surface area contributed by atoms with E-state index in [1.807, 2.05) is 0 Å². The van der Waals surface area contributed by atoms with E-state index in [9.17, 15) is 31.3 Å². The number of hydrogen-bond donors (Lipinski definition) is 1. The molecule has 6 nitrogen and oxygen atoms in total. The first kappa shape index (κ1) is 27.4. The predicted octanol–water partition coefficient (Wildman–Crippen LogP) is 6.67. The van der Waals surface area contributed by atoms with Gasteiger partial charge in [-0.15, -0.1) is 0 Å². The summed E-state index contributed by atoms with van der Waals surface area (Å²) in [4.78, 5) is 12.4. The van der Waals surface area contributed by atoms with E-state index in [1.165, 1.54) is 19.1 Å². The van der Waals surface area contributed by atoms with Gasteiger partial charge in [0.15, 0.2) is 0 Å². The van der Waals surface area contributed by atoms with Crippen molar-refractivity contribution in [3.05, 3.63) is 71.6 Å². The number of carbonyl (C=O) groups is 1. The minimum atomic E-state index is -5.04. The molecule has 0 aliphatic heterocycles. The number of halogens is 5. The lowest BCUT2D eigenvalue weighted by atomic mass is 9.99. The SMILES string of the molecule is C[C@H](NP(=O)(Oc1c(F)c(F)c(F)c(F)c1F)Oc1cccc2ccccc12)C(=O)OCC(C)(C)C. The van der Waals surface area contributed by atoms with E-state index in [1.54, 1.807) is 51.1 Å². The van der Waals surface area contributed by atoms with E-state index in [0.29, 0.717) is 10.8 Å². The first-order valence-electron chi connectivity index (χ1n) is 10.7. The lowest BCUT2D eigenvalue weighted by Gasteiger charge is -2.25. The van der Waals surface area contributed by atoms with E-state index < -0.39 is 60.0 Å². The molecule has 0 saturated heterocycles. The molecule has 0 amide bonds. The molecule has 194 valence electrons. The summed E-state index contributed by atoms with van der Waals surface area (Å²) in [6, 6.07) is 9.73. The van der Waals surface area contributed by atoms with Crippen LogP contribution in [0.4, 0.5) is 22.0 Å². The molecule has 1 N–H and O–H groups in total. The Bertz CT molecular complexity index is 1310. The highest BCUT2D eigenvalue weighted by atomic mass is 31.2. The fraction of sp³-hybridized carbons (Fsp3) is 0.292. The van der Waals surface area contributed by atoms with Crippen molar-refractivity contribution in [2.75, 3.05) is 6.61 Å². The number of nitrogens with one attached hydrogen (secondary N) is 1. The lowest BCUT2D eigenvalue weighted by molar-refractivity contribution is -0.148. The normalized spacial score (nSPS) is 14.2.